The summed E-state index contributed by atoms with van der Waals surface area (Å²) in [7, 11) is -4.25. The average molecular weight is 653 g/mol. The third kappa shape index (κ3) is 8.20. The Kier molecular flexibility index (Phi) is 11.1. The van der Waals surface area contributed by atoms with Gasteiger partial charge in [-0.15, -0.1) is 0 Å². The van der Waals surface area contributed by atoms with Crippen LogP contribution in [-0.2, 0) is 32.6 Å². The summed E-state index contributed by atoms with van der Waals surface area (Å²) in [5, 5.41) is 3.51. The zero-order chi connectivity index (χ0) is 31.9. The normalized spacial score (nSPS) is 12.0. The van der Waals surface area contributed by atoms with Crippen LogP contribution in [0.2, 0.25) is 10.0 Å². The summed E-state index contributed by atoms with van der Waals surface area (Å²) in [6.07, 6.45) is 0.201. The van der Waals surface area contributed by atoms with Crippen LogP contribution >= 0.6 is 23.2 Å². The van der Waals surface area contributed by atoms with E-state index >= 15 is 0 Å². The predicted molar refractivity (Wildman–Crippen MR) is 176 cm³/mol. The lowest BCUT2D eigenvalue weighted by Crippen LogP contribution is -2.54. The molecule has 0 spiro atoms. The maximum atomic E-state index is 14.5. The second-order valence-corrected chi connectivity index (χ2v) is 13.4. The van der Waals surface area contributed by atoms with Crippen molar-refractivity contribution in [3.05, 3.63) is 130 Å². The second-order valence-electron chi connectivity index (χ2n) is 10.8. The van der Waals surface area contributed by atoms with E-state index < -0.39 is 28.5 Å². The van der Waals surface area contributed by atoms with Crippen LogP contribution in [0.1, 0.15) is 30.5 Å². The first-order valence-corrected chi connectivity index (χ1v) is 16.4. The van der Waals surface area contributed by atoms with Crippen LogP contribution < -0.4 is 9.62 Å². The molecule has 7 nitrogen and oxygen atoms in total. The van der Waals surface area contributed by atoms with Gasteiger partial charge in [0.25, 0.3) is 10.0 Å². The first kappa shape index (κ1) is 33.1. The summed E-state index contributed by atoms with van der Waals surface area (Å²) >= 11 is 13.0. The van der Waals surface area contributed by atoms with E-state index in [4.69, 9.17) is 23.2 Å². The number of nitrogens with one attached hydrogen (secondary N) is 1. The van der Waals surface area contributed by atoms with Crippen LogP contribution in [0.25, 0.3) is 0 Å². The molecule has 1 atom stereocenters. The molecule has 0 aromatic heterocycles. The number of hydrogen-bond donors (Lipinski definition) is 1. The Morgan fingerprint density at radius 2 is 1.39 bits per heavy atom. The number of benzene rings is 4. The van der Waals surface area contributed by atoms with Gasteiger partial charge < -0.3 is 10.2 Å². The number of carbonyl (C=O) groups excluding carboxylic acids is 2. The lowest BCUT2D eigenvalue weighted by atomic mass is 10.0. The standard InChI is InChI=1S/C34H35Cl2N3O4S/c1-24(2)37-34(41)32(21-26-11-5-4-6-12-26)38(22-27-13-7-8-14-29(27)35)33(40)23-39(31-16-10-9-15-30(31)36)44(42,43)28-19-17-25(3)18-20-28/h4-20,24,32H,21-23H2,1-3H3,(H,37,41). The minimum absolute atomic E-state index is 0.00635. The number of aryl methyl sites for hydroxylation is 1. The van der Waals surface area contributed by atoms with Crippen molar-refractivity contribution in [3.63, 3.8) is 0 Å². The predicted octanol–water partition coefficient (Wildman–Crippen LogP) is 6.66. The highest BCUT2D eigenvalue weighted by Gasteiger charge is 2.35. The number of rotatable bonds is 12. The maximum absolute atomic E-state index is 14.5. The van der Waals surface area contributed by atoms with Crippen LogP contribution in [-0.4, -0.2) is 43.8 Å². The van der Waals surface area contributed by atoms with Crippen LogP contribution in [0.3, 0.4) is 0 Å². The molecule has 0 bridgehead atoms. The lowest BCUT2D eigenvalue weighted by Gasteiger charge is -2.34. The monoisotopic (exact) mass is 651 g/mol. The molecule has 4 aromatic rings. The molecule has 0 saturated carbocycles. The zero-order valence-electron chi connectivity index (χ0n) is 24.8. The third-order valence-electron chi connectivity index (χ3n) is 7.01. The van der Waals surface area contributed by atoms with Gasteiger partial charge in [0.1, 0.15) is 12.6 Å². The topological polar surface area (TPSA) is 86.8 Å². The van der Waals surface area contributed by atoms with E-state index in [0.717, 1.165) is 15.4 Å². The van der Waals surface area contributed by atoms with Crippen molar-refractivity contribution in [3.8, 4) is 0 Å². The molecule has 0 heterocycles. The fourth-order valence-corrected chi connectivity index (χ4v) is 6.67. The van der Waals surface area contributed by atoms with Crippen molar-refractivity contribution in [2.45, 2.75) is 50.7 Å². The highest BCUT2D eigenvalue weighted by molar-refractivity contribution is 7.92. The van der Waals surface area contributed by atoms with E-state index in [1.165, 1.54) is 17.0 Å². The maximum Gasteiger partial charge on any atom is 0.264 e. The molecular formula is C34H35Cl2N3O4S. The number of halogens is 2. The highest BCUT2D eigenvalue weighted by Crippen LogP contribution is 2.31. The number of sulfonamides is 1. The molecule has 4 aromatic carbocycles. The molecule has 0 aliphatic rings. The molecule has 44 heavy (non-hydrogen) atoms. The Labute approximate surface area is 269 Å². The Morgan fingerprint density at radius 3 is 2.00 bits per heavy atom. The van der Waals surface area contributed by atoms with Gasteiger partial charge in [0.2, 0.25) is 11.8 Å². The molecule has 0 aliphatic carbocycles. The van der Waals surface area contributed by atoms with Crippen LogP contribution in [0, 0.1) is 6.92 Å². The van der Waals surface area contributed by atoms with Gasteiger partial charge in [0.15, 0.2) is 0 Å². The molecular weight excluding hydrogens is 617 g/mol. The van der Waals surface area contributed by atoms with Crippen LogP contribution in [0.15, 0.2) is 108 Å². The van der Waals surface area contributed by atoms with Crippen molar-refractivity contribution < 1.29 is 18.0 Å². The molecule has 1 unspecified atom stereocenters. The number of anilines is 1. The van der Waals surface area contributed by atoms with E-state index in [1.54, 1.807) is 60.7 Å². The quantitative estimate of drug-likeness (QED) is 0.186. The highest BCUT2D eigenvalue weighted by atomic mass is 35.5. The van der Waals surface area contributed by atoms with Crippen molar-refractivity contribution in [2.75, 3.05) is 10.8 Å². The molecule has 0 radical (unpaired) electrons. The van der Waals surface area contributed by atoms with Gasteiger partial charge in [-0.1, -0.05) is 102 Å². The van der Waals surface area contributed by atoms with Crippen molar-refractivity contribution in [2.24, 2.45) is 0 Å². The fraction of sp³-hybridized carbons (Fsp3) is 0.235. The van der Waals surface area contributed by atoms with E-state index in [-0.39, 0.29) is 40.5 Å². The van der Waals surface area contributed by atoms with Gasteiger partial charge in [0.05, 0.1) is 15.6 Å². The lowest BCUT2D eigenvalue weighted by molar-refractivity contribution is -0.140. The summed E-state index contributed by atoms with van der Waals surface area (Å²) in [5.74, 6) is -0.963. The molecule has 10 heteroatoms. The van der Waals surface area contributed by atoms with Gasteiger partial charge in [-0.05, 0) is 62.2 Å². The number of amides is 2. The van der Waals surface area contributed by atoms with Gasteiger partial charge >= 0.3 is 0 Å². The summed E-state index contributed by atoms with van der Waals surface area (Å²) < 4.78 is 29.2. The molecule has 0 fully saturated rings. The summed E-state index contributed by atoms with van der Waals surface area (Å²) in [6, 6.07) is 28.1. The number of carbonyl (C=O) groups is 2. The molecule has 4 rings (SSSR count). The minimum atomic E-state index is -4.25. The Balaban J connectivity index is 1.82. The number of nitrogens with zero attached hydrogens (tertiary/aromatic N) is 2. The fourth-order valence-electron chi connectivity index (χ4n) is 4.75. The van der Waals surface area contributed by atoms with Crippen LogP contribution in [0.4, 0.5) is 5.69 Å². The second kappa shape index (κ2) is 14.8. The van der Waals surface area contributed by atoms with Gasteiger partial charge in [-0.2, -0.15) is 0 Å². The SMILES string of the molecule is Cc1ccc(S(=O)(=O)N(CC(=O)N(Cc2ccccc2Cl)C(Cc2ccccc2)C(=O)NC(C)C)c2ccccc2Cl)cc1. The average Bonchev–Trinajstić information content (AvgIpc) is 2.99. The Bertz CT molecular complexity index is 1700. The van der Waals surface area contributed by atoms with Gasteiger partial charge in [-0.3, -0.25) is 13.9 Å². The van der Waals surface area contributed by atoms with Crippen molar-refractivity contribution >= 4 is 50.7 Å². The summed E-state index contributed by atoms with van der Waals surface area (Å²) in [6.45, 7) is 4.90. The smallest absolute Gasteiger partial charge is 0.264 e. The third-order valence-corrected chi connectivity index (χ3v) is 9.47. The van der Waals surface area contributed by atoms with Crippen LogP contribution in [0.5, 0.6) is 0 Å². The molecule has 0 saturated heterocycles. The number of hydrogen-bond acceptors (Lipinski definition) is 4. The molecule has 2 amide bonds. The van der Waals surface area contributed by atoms with E-state index in [2.05, 4.69) is 5.32 Å². The minimum Gasteiger partial charge on any atom is -0.352 e. The Morgan fingerprint density at radius 1 is 0.795 bits per heavy atom. The van der Waals surface area contributed by atoms with E-state index in [1.807, 2.05) is 51.1 Å². The van der Waals surface area contributed by atoms with Gasteiger partial charge in [-0.25, -0.2) is 8.42 Å². The first-order chi connectivity index (χ1) is 21.0. The zero-order valence-corrected chi connectivity index (χ0v) is 27.1. The van der Waals surface area contributed by atoms with Crippen molar-refractivity contribution in [1.82, 2.24) is 10.2 Å². The van der Waals surface area contributed by atoms with Gasteiger partial charge in [0, 0.05) is 24.0 Å². The van der Waals surface area contributed by atoms with E-state index in [0.29, 0.717) is 10.6 Å². The van der Waals surface area contributed by atoms with Crippen molar-refractivity contribution in [1.29, 1.82) is 0 Å². The summed E-state index contributed by atoms with van der Waals surface area (Å²) in [5.41, 5.74) is 2.48. The molecule has 230 valence electrons. The summed E-state index contributed by atoms with van der Waals surface area (Å²) in [4.78, 5) is 29.6. The molecule has 1 N–H and O–H groups in total. The number of para-hydroxylation sites is 1. The molecule has 0 aliphatic heterocycles. The van der Waals surface area contributed by atoms with E-state index in [9.17, 15) is 18.0 Å². The first-order valence-electron chi connectivity index (χ1n) is 14.2. The Hall–Kier alpha value is -3.85. The largest absolute Gasteiger partial charge is 0.352 e.